The van der Waals surface area contributed by atoms with Gasteiger partial charge in [-0.3, -0.25) is 4.79 Å². The molecule has 3 nitrogen and oxygen atoms in total. The van der Waals surface area contributed by atoms with Crippen LogP contribution in [-0.4, -0.2) is 5.91 Å². The molecule has 3 N–H and O–H groups in total. The van der Waals surface area contributed by atoms with Crippen LogP contribution in [0.4, 0.5) is 15.8 Å². The quantitative estimate of drug-likeness (QED) is 0.812. The lowest BCUT2D eigenvalue weighted by molar-refractivity contribution is 0.102. The SMILES string of the molecule is Cc1ccc(NC(=O)c2cc(F)ccc2C)cc1N. The van der Waals surface area contributed by atoms with Gasteiger partial charge in [-0.2, -0.15) is 0 Å². The maximum Gasteiger partial charge on any atom is 0.256 e. The number of carbonyl (C=O) groups excluding carboxylic acids is 1. The van der Waals surface area contributed by atoms with E-state index in [4.69, 9.17) is 5.73 Å². The van der Waals surface area contributed by atoms with Gasteiger partial charge in [0, 0.05) is 16.9 Å². The lowest BCUT2D eigenvalue weighted by Gasteiger charge is -2.09. The Morgan fingerprint density at radius 3 is 2.47 bits per heavy atom. The Balaban J connectivity index is 2.25. The Hall–Kier alpha value is -2.36. The highest BCUT2D eigenvalue weighted by Crippen LogP contribution is 2.18. The van der Waals surface area contributed by atoms with Crippen LogP contribution in [0.3, 0.4) is 0 Å². The van der Waals surface area contributed by atoms with E-state index in [1.54, 1.807) is 25.1 Å². The number of nitrogen functional groups attached to an aromatic ring is 1. The first-order chi connectivity index (χ1) is 8.97. The van der Waals surface area contributed by atoms with Crippen molar-refractivity contribution in [3.8, 4) is 0 Å². The molecule has 4 heteroatoms. The predicted octanol–water partition coefficient (Wildman–Crippen LogP) is 3.28. The maximum absolute atomic E-state index is 13.2. The van der Waals surface area contributed by atoms with E-state index < -0.39 is 5.82 Å². The summed E-state index contributed by atoms with van der Waals surface area (Å²) in [6, 6.07) is 9.40. The summed E-state index contributed by atoms with van der Waals surface area (Å²) in [7, 11) is 0. The second-order valence-electron chi connectivity index (χ2n) is 4.48. The van der Waals surface area contributed by atoms with Crippen LogP contribution in [0.5, 0.6) is 0 Å². The van der Waals surface area contributed by atoms with Crippen LogP contribution in [-0.2, 0) is 0 Å². The fourth-order valence-corrected chi connectivity index (χ4v) is 1.76. The van der Waals surface area contributed by atoms with Crippen molar-refractivity contribution in [3.05, 3.63) is 58.9 Å². The van der Waals surface area contributed by atoms with Crippen LogP contribution in [0.15, 0.2) is 36.4 Å². The Morgan fingerprint density at radius 1 is 1.11 bits per heavy atom. The molecule has 0 aliphatic carbocycles. The van der Waals surface area contributed by atoms with Crippen molar-refractivity contribution < 1.29 is 9.18 Å². The molecular weight excluding hydrogens is 243 g/mol. The monoisotopic (exact) mass is 258 g/mol. The number of carbonyl (C=O) groups is 1. The molecule has 0 radical (unpaired) electrons. The van der Waals surface area contributed by atoms with E-state index in [-0.39, 0.29) is 5.91 Å². The number of aryl methyl sites for hydroxylation is 2. The normalized spacial score (nSPS) is 10.3. The Morgan fingerprint density at radius 2 is 1.79 bits per heavy atom. The van der Waals surface area contributed by atoms with Crippen molar-refractivity contribution in [2.45, 2.75) is 13.8 Å². The molecule has 0 spiro atoms. The number of nitrogens with two attached hydrogens (primary N) is 1. The van der Waals surface area contributed by atoms with Crippen LogP contribution >= 0.6 is 0 Å². The van der Waals surface area contributed by atoms with Crippen molar-refractivity contribution in [2.75, 3.05) is 11.1 Å². The third kappa shape index (κ3) is 2.91. The highest BCUT2D eigenvalue weighted by atomic mass is 19.1. The highest BCUT2D eigenvalue weighted by Gasteiger charge is 2.10. The van der Waals surface area contributed by atoms with Gasteiger partial charge in [-0.15, -0.1) is 0 Å². The molecular formula is C15H15FN2O. The molecule has 0 aliphatic rings. The molecule has 2 rings (SSSR count). The standard InChI is InChI=1S/C15H15FN2O/c1-9-3-5-11(16)7-13(9)15(19)18-12-6-4-10(2)14(17)8-12/h3-8H,17H2,1-2H3,(H,18,19). The topological polar surface area (TPSA) is 55.1 Å². The Bertz CT molecular complexity index is 638. The first kappa shape index (κ1) is 13.1. The summed E-state index contributed by atoms with van der Waals surface area (Å²) >= 11 is 0. The first-order valence-corrected chi connectivity index (χ1v) is 5.91. The highest BCUT2D eigenvalue weighted by molar-refractivity contribution is 6.05. The molecule has 0 fully saturated rings. The van der Waals surface area contributed by atoms with Gasteiger partial charge in [0.05, 0.1) is 0 Å². The van der Waals surface area contributed by atoms with Gasteiger partial charge >= 0.3 is 0 Å². The molecule has 0 saturated heterocycles. The summed E-state index contributed by atoms with van der Waals surface area (Å²) in [6.07, 6.45) is 0. The minimum Gasteiger partial charge on any atom is -0.398 e. The molecule has 2 aromatic rings. The fourth-order valence-electron chi connectivity index (χ4n) is 1.76. The number of hydrogen-bond donors (Lipinski definition) is 2. The van der Waals surface area contributed by atoms with Crippen LogP contribution in [0.2, 0.25) is 0 Å². The predicted molar refractivity (Wildman–Crippen MR) is 74.7 cm³/mol. The van der Waals surface area contributed by atoms with Crippen LogP contribution in [0.25, 0.3) is 0 Å². The third-order valence-electron chi connectivity index (χ3n) is 2.98. The molecule has 0 saturated carbocycles. The largest absolute Gasteiger partial charge is 0.398 e. The van der Waals surface area contributed by atoms with E-state index in [1.807, 2.05) is 13.0 Å². The average Bonchev–Trinajstić information content (AvgIpc) is 2.36. The molecule has 2 aromatic carbocycles. The van der Waals surface area contributed by atoms with Gasteiger partial charge in [0.15, 0.2) is 0 Å². The lowest BCUT2D eigenvalue weighted by atomic mass is 10.1. The molecule has 0 heterocycles. The molecule has 0 bridgehead atoms. The van der Waals surface area contributed by atoms with E-state index in [2.05, 4.69) is 5.32 Å². The number of benzene rings is 2. The van der Waals surface area contributed by atoms with Crippen LogP contribution in [0, 0.1) is 19.7 Å². The number of hydrogen-bond acceptors (Lipinski definition) is 2. The number of amides is 1. The van der Waals surface area contributed by atoms with Gasteiger partial charge in [0.25, 0.3) is 5.91 Å². The number of anilines is 2. The van der Waals surface area contributed by atoms with Gasteiger partial charge < -0.3 is 11.1 Å². The molecule has 0 aliphatic heterocycles. The van der Waals surface area contributed by atoms with Crippen molar-refractivity contribution in [2.24, 2.45) is 0 Å². The van der Waals surface area contributed by atoms with Crippen molar-refractivity contribution in [3.63, 3.8) is 0 Å². The Kier molecular flexibility index (Phi) is 3.51. The van der Waals surface area contributed by atoms with Gasteiger partial charge in [0.2, 0.25) is 0 Å². The zero-order valence-electron chi connectivity index (χ0n) is 10.8. The summed E-state index contributed by atoms with van der Waals surface area (Å²) in [6.45, 7) is 3.65. The molecule has 0 atom stereocenters. The van der Waals surface area contributed by atoms with Gasteiger partial charge in [0.1, 0.15) is 5.82 Å². The summed E-state index contributed by atoms with van der Waals surface area (Å²) in [5.41, 5.74) is 8.96. The summed E-state index contributed by atoms with van der Waals surface area (Å²) in [5.74, 6) is -0.778. The van der Waals surface area contributed by atoms with Crippen molar-refractivity contribution >= 4 is 17.3 Å². The van der Waals surface area contributed by atoms with Crippen molar-refractivity contribution in [1.82, 2.24) is 0 Å². The lowest BCUT2D eigenvalue weighted by Crippen LogP contribution is -2.14. The molecule has 19 heavy (non-hydrogen) atoms. The van der Waals surface area contributed by atoms with Crippen LogP contribution < -0.4 is 11.1 Å². The number of nitrogens with one attached hydrogen (secondary N) is 1. The number of rotatable bonds is 2. The second-order valence-corrected chi connectivity index (χ2v) is 4.48. The van der Waals surface area contributed by atoms with E-state index >= 15 is 0 Å². The van der Waals surface area contributed by atoms with E-state index in [9.17, 15) is 9.18 Å². The molecule has 0 aromatic heterocycles. The summed E-state index contributed by atoms with van der Waals surface area (Å²) in [5, 5.41) is 2.71. The van der Waals surface area contributed by atoms with E-state index in [1.165, 1.54) is 12.1 Å². The number of halogens is 1. The van der Waals surface area contributed by atoms with Crippen LogP contribution in [0.1, 0.15) is 21.5 Å². The first-order valence-electron chi connectivity index (χ1n) is 5.91. The molecule has 0 unspecified atom stereocenters. The third-order valence-corrected chi connectivity index (χ3v) is 2.98. The minimum absolute atomic E-state index is 0.319. The summed E-state index contributed by atoms with van der Waals surface area (Å²) < 4.78 is 13.2. The smallest absolute Gasteiger partial charge is 0.256 e. The second kappa shape index (κ2) is 5.10. The van der Waals surface area contributed by atoms with Gasteiger partial charge in [-0.25, -0.2) is 4.39 Å². The zero-order chi connectivity index (χ0) is 14.0. The van der Waals surface area contributed by atoms with Gasteiger partial charge in [-0.05, 0) is 49.2 Å². The Labute approximate surface area is 111 Å². The molecule has 1 amide bonds. The summed E-state index contributed by atoms with van der Waals surface area (Å²) in [4.78, 5) is 12.1. The minimum atomic E-state index is -0.431. The molecule has 98 valence electrons. The van der Waals surface area contributed by atoms with Gasteiger partial charge in [-0.1, -0.05) is 12.1 Å². The van der Waals surface area contributed by atoms with E-state index in [0.717, 1.165) is 11.1 Å². The maximum atomic E-state index is 13.2. The fraction of sp³-hybridized carbons (Fsp3) is 0.133. The van der Waals surface area contributed by atoms with Crippen molar-refractivity contribution in [1.29, 1.82) is 0 Å². The van der Waals surface area contributed by atoms with E-state index in [0.29, 0.717) is 16.9 Å². The average molecular weight is 258 g/mol. The zero-order valence-corrected chi connectivity index (χ0v) is 10.8.